The molecule has 2 amide bonds. The highest BCUT2D eigenvalue weighted by atomic mass is 32.2. The zero-order valence-electron chi connectivity index (χ0n) is 11.9. The van der Waals surface area contributed by atoms with E-state index in [2.05, 4.69) is 5.32 Å². The van der Waals surface area contributed by atoms with E-state index >= 15 is 0 Å². The normalized spacial score (nSPS) is 21.1. The fourth-order valence-electron chi connectivity index (χ4n) is 2.63. The zero-order valence-corrected chi connectivity index (χ0v) is 14.4. The van der Waals surface area contributed by atoms with Gasteiger partial charge in [-0.05, 0) is 30.4 Å². The van der Waals surface area contributed by atoms with Crippen molar-refractivity contribution in [2.75, 3.05) is 6.54 Å². The number of nitrogens with zero attached hydrogens (tertiary/aromatic N) is 1. The van der Waals surface area contributed by atoms with Crippen molar-refractivity contribution in [3.05, 3.63) is 27.3 Å². The number of rotatable bonds is 4. The van der Waals surface area contributed by atoms with Gasteiger partial charge in [0.1, 0.15) is 10.9 Å². The lowest BCUT2D eigenvalue weighted by Gasteiger charge is -2.17. The van der Waals surface area contributed by atoms with Crippen molar-refractivity contribution in [2.24, 2.45) is 0 Å². The van der Waals surface area contributed by atoms with Crippen LogP contribution in [0.1, 0.15) is 30.6 Å². The number of hydrogen-bond acceptors (Lipinski definition) is 5. The molecule has 1 aliphatic heterocycles. The SMILES string of the molecule is O=C(CN1C(=O)/C(=C\c2cccs2)SC1=S)NC1CCCC1. The lowest BCUT2D eigenvalue weighted by Crippen LogP contribution is -2.42. The third kappa shape index (κ3) is 3.59. The number of thioether (sulfide) groups is 1. The van der Waals surface area contributed by atoms with E-state index in [1.807, 2.05) is 23.6 Å². The van der Waals surface area contributed by atoms with Gasteiger partial charge < -0.3 is 5.32 Å². The van der Waals surface area contributed by atoms with Crippen LogP contribution in [0.3, 0.4) is 0 Å². The fraction of sp³-hybridized carbons (Fsp3) is 0.400. The van der Waals surface area contributed by atoms with Crippen LogP contribution in [-0.2, 0) is 9.59 Å². The van der Waals surface area contributed by atoms with Gasteiger partial charge >= 0.3 is 0 Å². The van der Waals surface area contributed by atoms with Gasteiger partial charge in [-0.1, -0.05) is 42.9 Å². The van der Waals surface area contributed by atoms with E-state index in [9.17, 15) is 9.59 Å². The predicted molar refractivity (Wildman–Crippen MR) is 94.6 cm³/mol. The second-order valence-corrected chi connectivity index (χ2v) is 7.99. The third-order valence-electron chi connectivity index (χ3n) is 3.71. The number of hydrogen-bond donors (Lipinski definition) is 1. The molecule has 2 aliphatic rings. The molecule has 4 nitrogen and oxygen atoms in total. The van der Waals surface area contributed by atoms with Gasteiger partial charge in [0.2, 0.25) is 5.91 Å². The second kappa shape index (κ2) is 6.93. The van der Waals surface area contributed by atoms with Gasteiger partial charge in [-0.3, -0.25) is 14.5 Å². The molecule has 2 fully saturated rings. The minimum Gasteiger partial charge on any atom is -0.352 e. The van der Waals surface area contributed by atoms with Crippen molar-refractivity contribution in [1.82, 2.24) is 10.2 Å². The molecule has 116 valence electrons. The van der Waals surface area contributed by atoms with Crippen LogP contribution >= 0.6 is 35.3 Å². The molecule has 22 heavy (non-hydrogen) atoms. The maximum absolute atomic E-state index is 12.4. The second-order valence-electron chi connectivity index (χ2n) is 5.33. The molecule has 0 radical (unpaired) electrons. The highest BCUT2D eigenvalue weighted by molar-refractivity contribution is 8.26. The Morgan fingerprint density at radius 1 is 1.45 bits per heavy atom. The van der Waals surface area contributed by atoms with Crippen LogP contribution in [0.25, 0.3) is 6.08 Å². The van der Waals surface area contributed by atoms with E-state index in [-0.39, 0.29) is 24.4 Å². The molecule has 0 spiro atoms. The molecule has 1 N–H and O–H groups in total. The molecule has 1 saturated heterocycles. The van der Waals surface area contributed by atoms with E-state index in [1.165, 1.54) is 16.7 Å². The Morgan fingerprint density at radius 2 is 2.23 bits per heavy atom. The van der Waals surface area contributed by atoms with Gasteiger partial charge in [0.05, 0.1) is 4.91 Å². The van der Waals surface area contributed by atoms with Crippen LogP contribution in [0.5, 0.6) is 0 Å². The Bertz CT molecular complexity index is 619. The number of thiocarbonyl (C=S) groups is 1. The summed E-state index contributed by atoms with van der Waals surface area (Å²) in [5.74, 6) is -0.300. The van der Waals surface area contributed by atoms with Crippen LogP contribution < -0.4 is 5.32 Å². The van der Waals surface area contributed by atoms with E-state index in [4.69, 9.17) is 12.2 Å². The molecular weight excluding hydrogens is 336 g/mol. The van der Waals surface area contributed by atoms with E-state index in [0.717, 1.165) is 30.6 Å². The lowest BCUT2D eigenvalue weighted by atomic mass is 10.2. The number of carbonyl (C=O) groups excluding carboxylic acids is 2. The minimum absolute atomic E-state index is 0.0168. The zero-order chi connectivity index (χ0) is 15.5. The predicted octanol–water partition coefficient (Wildman–Crippen LogP) is 3.01. The van der Waals surface area contributed by atoms with Crippen molar-refractivity contribution < 1.29 is 9.59 Å². The maximum atomic E-state index is 12.4. The summed E-state index contributed by atoms with van der Waals surface area (Å²) in [6.45, 7) is 0.0168. The molecule has 0 bridgehead atoms. The largest absolute Gasteiger partial charge is 0.352 e. The molecule has 1 saturated carbocycles. The van der Waals surface area contributed by atoms with Gasteiger partial charge in [-0.25, -0.2) is 0 Å². The Labute approximate surface area is 142 Å². The van der Waals surface area contributed by atoms with Crippen molar-refractivity contribution in [1.29, 1.82) is 0 Å². The molecule has 1 aromatic rings. The first-order chi connectivity index (χ1) is 10.6. The quantitative estimate of drug-likeness (QED) is 0.668. The first-order valence-corrected chi connectivity index (χ1v) is 9.32. The van der Waals surface area contributed by atoms with Crippen molar-refractivity contribution >= 4 is 57.5 Å². The first kappa shape index (κ1) is 15.7. The first-order valence-electron chi connectivity index (χ1n) is 7.22. The summed E-state index contributed by atoms with van der Waals surface area (Å²) in [6.07, 6.45) is 6.22. The summed E-state index contributed by atoms with van der Waals surface area (Å²) in [5.41, 5.74) is 0. The van der Waals surface area contributed by atoms with E-state index in [0.29, 0.717) is 9.23 Å². The van der Waals surface area contributed by atoms with Gasteiger partial charge in [-0.15, -0.1) is 11.3 Å². The topological polar surface area (TPSA) is 49.4 Å². The molecule has 0 atom stereocenters. The van der Waals surface area contributed by atoms with Crippen LogP contribution in [0.15, 0.2) is 22.4 Å². The Hall–Kier alpha value is -1.18. The average Bonchev–Trinajstić information content (AvgIpc) is 3.20. The van der Waals surface area contributed by atoms with Crippen molar-refractivity contribution in [3.8, 4) is 0 Å². The van der Waals surface area contributed by atoms with Crippen LogP contribution in [-0.4, -0.2) is 33.6 Å². The van der Waals surface area contributed by atoms with Crippen LogP contribution in [0.2, 0.25) is 0 Å². The summed E-state index contributed by atoms with van der Waals surface area (Å²) >= 11 is 8.07. The van der Waals surface area contributed by atoms with Crippen molar-refractivity contribution in [3.63, 3.8) is 0 Å². The Kier molecular flexibility index (Phi) is 4.95. The summed E-state index contributed by atoms with van der Waals surface area (Å²) in [6, 6.07) is 4.14. The number of thiophene rings is 1. The number of nitrogens with one attached hydrogen (secondary N) is 1. The Morgan fingerprint density at radius 3 is 2.91 bits per heavy atom. The molecular formula is C15H16N2O2S3. The van der Waals surface area contributed by atoms with Crippen LogP contribution in [0.4, 0.5) is 0 Å². The fourth-order valence-corrected chi connectivity index (χ4v) is 4.60. The number of amides is 2. The van der Waals surface area contributed by atoms with Gasteiger partial charge in [0.15, 0.2) is 0 Å². The minimum atomic E-state index is -0.176. The number of carbonyl (C=O) groups is 2. The smallest absolute Gasteiger partial charge is 0.266 e. The maximum Gasteiger partial charge on any atom is 0.266 e. The molecule has 1 aliphatic carbocycles. The molecule has 2 heterocycles. The molecule has 7 heteroatoms. The third-order valence-corrected chi connectivity index (χ3v) is 5.91. The van der Waals surface area contributed by atoms with E-state index < -0.39 is 0 Å². The molecule has 1 aromatic heterocycles. The summed E-state index contributed by atoms with van der Waals surface area (Å²) in [5, 5.41) is 4.95. The van der Waals surface area contributed by atoms with Gasteiger partial charge in [0.25, 0.3) is 5.91 Å². The van der Waals surface area contributed by atoms with Gasteiger partial charge in [0, 0.05) is 10.9 Å². The Balaban J connectivity index is 1.63. The van der Waals surface area contributed by atoms with E-state index in [1.54, 1.807) is 11.3 Å². The van der Waals surface area contributed by atoms with Gasteiger partial charge in [-0.2, -0.15) is 0 Å². The summed E-state index contributed by atoms with van der Waals surface area (Å²) in [7, 11) is 0. The summed E-state index contributed by atoms with van der Waals surface area (Å²) < 4.78 is 0.453. The lowest BCUT2D eigenvalue weighted by molar-refractivity contribution is -0.129. The highest BCUT2D eigenvalue weighted by Gasteiger charge is 2.33. The highest BCUT2D eigenvalue weighted by Crippen LogP contribution is 2.33. The van der Waals surface area contributed by atoms with Crippen molar-refractivity contribution in [2.45, 2.75) is 31.7 Å². The monoisotopic (exact) mass is 352 g/mol. The molecule has 3 rings (SSSR count). The molecule has 0 unspecified atom stereocenters. The standard InChI is InChI=1S/C15H16N2O2S3/c18-13(16-10-4-1-2-5-10)9-17-14(19)12(22-15(17)20)8-11-6-3-7-21-11/h3,6-8,10H,1-2,4-5,9H2,(H,16,18)/b12-8+. The molecule has 0 aromatic carbocycles. The average molecular weight is 353 g/mol. The van der Waals surface area contributed by atoms with Crippen LogP contribution in [0, 0.1) is 0 Å². The summed E-state index contributed by atoms with van der Waals surface area (Å²) in [4.78, 5) is 27.5.